The summed E-state index contributed by atoms with van der Waals surface area (Å²) in [5.41, 5.74) is -0.632. The molecule has 0 aliphatic rings. The summed E-state index contributed by atoms with van der Waals surface area (Å²) in [6, 6.07) is 8.44. The third kappa shape index (κ3) is 6.41. The molecular weight excluding hydrogens is 350 g/mol. The lowest BCUT2D eigenvalue weighted by Crippen LogP contribution is -2.53. The molecule has 0 aliphatic carbocycles. The van der Waals surface area contributed by atoms with Gasteiger partial charge < -0.3 is 4.74 Å². The van der Waals surface area contributed by atoms with Crippen molar-refractivity contribution in [3.63, 3.8) is 0 Å². The van der Waals surface area contributed by atoms with Crippen LogP contribution in [0.3, 0.4) is 0 Å². The van der Waals surface area contributed by atoms with E-state index in [0.717, 1.165) is 16.6 Å². The van der Waals surface area contributed by atoms with E-state index in [0.29, 0.717) is 6.61 Å². The molecule has 0 heterocycles. The summed E-state index contributed by atoms with van der Waals surface area (Å²) in [6.45, 7) is 8.25. The van der Waals surface area contributed by atoms with E-state index in [4.69, 9.17) is 4.74 Å². The Balaban J connectivity index is 2.60. The van der Waals surface area contributed by atoms with Gasteiger partial charge in [0, 0.05) is 21.2 Å². The van der Waals surface area contributed by atoms with Gasteiger partial charge in [-0.3, -0.25) is 10.1 Å². The molecule has 1 rings (SSSR count). The molecule has 1 aromatic carbocycles. The first-order valence-electron chi connectivity index (χ1n) is 7.20. The van der Waals surface area contributed by atoms with Crippen LogP contribution in [0.5, 0.6) is 0 Å². The Morgan fingerprint density at radius 3 is 2.52 bits per heavy atom. The highest BCUT2D eigenvalue weighted by Crippen LogP contribution is 2.24. The summed E-state index contributed by atoms with van der Waals surface area (Å²) in [7, 11) is 0. The average Bonchev–Trinajstić information content (AvgIpc) is 2.40. The second kappa shape index (κ2) is 8.81. The van der Waals surface area contributed by atoms with E-state index >= 15 is 0 Å². The maximum absolute atomic E-state index is 12.2. The van der Waals surface area contributed by atoms with Crippen molar-refractivity contribution in [3.8, 4) is 0 Å². The summed E-state index contributed by atoms with van der Waals surface area (Å²) >= 11 is 5.18. The lowest BCUT2D eigenvalue weighted by Gasteiger charge is -2.30. The van der Waals surface area contributed by atoms with Crippen molar-refractivity contribution in [1.29, 1.82) is 0 Å². The second-order valence-electron chi connectivity index (χ2n) is 5.40. The van der Waals surface area contributed by atoms with Crippen molar-refractivity contribution in [2.45, 2.75) is 50.6 Å². The predicted molar refractivity (Wildman–Crippen MR) is 92.8 cm³/mol. The molecule has 1 atom stereocenters. The van der Waals surface area contributed by atoms with Crippen LogP contribution < -0.4 is 5.32 Å². The van der Waals surface area contributed by atoms with Gasteiger partial charge in [0.05, 0.1) is 6.61 Å². The lowest BCUT2D eigenvalue weighted by molar-refractivity contribution is -0.150. The van der Waals surface area contributed by atoms with Crippen LogP contribution in [0, 0.1) is 0 Å². The number of ether oxygens (including phenoxy) is 1. The summed E-state index contributed by atoms with van der Waals surface area (Å²) in [5, 5.41) is 3.34. The maximum Gasteiger partial charge on any atom is 0.326 e. The number of benzene rings is 1. The molecule has 0 spiro atoms. The number of hydrogen-bond acceptors (Lipinski definition) is 4. The van der Waals surface area contributed by atoms with Gasteiger partial charge in [-0.05, 0) is 58.4 Å². The zero-order valence-corrected chi connectivity index (χ0v) is 15.5. The number of nitrogens with one attached hydrogen (secondary N) is 1. The largest absolute Gasteiger partial charge is 0.465 e. The van der Waals surface area contributed by atoms with Gasteiger partial charge in [0.15, 0.2) is 0 Å². The van der Waals surface area contributed by atoms with Crippen LogP contribution in [0.2, 0.25) is 0 Å². The molecule has 1 aromatic rings. The number of rotatable bonds is 8. The van der Waals surface area contributed by atoms with E-state index in [9.17, 15) is 4.79 Å². The molecule has 0 aliphatic heterocycles. The van der Waals surface area contributed by atoms with E-state index in [1.807, 2.05) is 39.8 Å². The number of esters is 1. The molecule has 1 unspecified atom stereocenters. The van der Waals surface area contributed by atoms with Gasteiger partial charge in [-0.1, -0.05) is 15.9 Å². The van der Waals surface area contributed by atoms with E-state index in [1.54, 1.807) is 11.8 Å². The summed E-state index contributed by atoms with van der Waals surface area (Å²) in [4.78, 5) is 13.4. The van der Waals surface area contributed by atoms with Crippen LogP contribution in [-0.4, -0.2) is 29.9 Å². The zero-order chi connectivity index (χ0) is 15.9. The van der Waals surface area contributed by atoms with Crippen molar-refractivity contribution >= 4 is 33.7 Å². The molecule has 3 nitrogen and oxygen atoms in total. The van der Waals surface area contributed by atoms with Crippen molar-refractivity contribution in [2.75, 3.05) is 12.4 Å². The fraction of sp³-hybridized carbons (Fsp3) is 0.562. The number of hydrogen-bond donors (Lipinski definition) is 1. The second-order valence-corrected chi connectivity index (χ2v) is 7.49. The Labute approximate surface area is 140 Å². The van der Waals surface area contributed by atoms with Gasteiger partial charge >= 0.3 is 5.97 Å². The Hall–Kier alpha value is -0.520. The quantitative estimate of drug-likeness (QED) is 0.545. The number of halogens is 1. The third-order valence-corrected chi connectivity index (χ3v) is 4.56. The van der Waals surface area contributed by atoms with Gasteiger partial charge in [-0.25, -0.2) is 0 Å². The van der Waals surface area contributed by atoms with Crippen LogP contribution in [0.15, 0.2) is 33.6 Å². The third-order valence-electron chi connectivity index (χ3n) is 3.02. The zero-order valence-electron chi connectivity index (χ0n) is 13.1. The van der Waals surface area contributed by atoms with Crippen LogP contribution in [0.1, 0.15) is 34.1 Å². The molecule has 0 fully saturated rings. The smallest absolute Gasteiger partial charge is 0.326 e. The molecule has 0 saturated carbocycles. The van der Waals surface area contributed by atoms with Gasteiger partial charge in [0.25, 0.3) is 0 Å². The van der Waals surface area contributed by atoms with Crippen LogP contribution >= 0.6 is 27.7 Å². The van der Waals surface area contributed by atoms with Crippen molar-refractivity contribution < 1.29 is 9.53 Å². The Morgan fingerprint density at radius 2 is 2.00 bits per heavy atom. The van der Waals surface area contributed by atoms with Crippen molar-refractivity contribution in [1.82, 2.24) is 5.32 Å². The normalized spacial score (nSPS) is 14.0. The lowest BCUT2D eigenvalue weighted by atomic mass is 9.98. The van der Waals surface area contributed by atoms with Gasteiger partial charge in [0.2, 0.25) is 0 Å². The Kier molecular flexibility index (Phi) is 7.77. The van der Waals surface area contributed by atoms with E-state index in [-0.39, 0.29) is 12.0 Å². The van der Waals surface area contributed by atoms with Crippen molar-refractivity contribution in [2.24, 2.45) is 0 Å². The van der Waals surface area contributed by atoms with Gasteiger partial charge in [-0.15, -0.1) is 11.8 Å². The highest BCUT2D eigenvalue weighted by Gasteiger charge is 2.34. The minimum absolute atomic E-state index is 0.171. The molecular formula is C16H24BrNO2S. The van der Waals surface area contributed by atoms with E-state index in [2.05, 4.69) is 33.4 Å². The summed E-state index contributed by atoms with van der Waals surface area (Å²) < 4.78 is 6.28. The Morgan fingerprint density at radius 1 is 1.38 bits per heavy atom. The molecule has 118 valence electrons. The summed E-state index contributed by atoms with van der Waals surface area (Å²) in [5.74, 6) is 0.687. The van der Waals surface area contributed by atoms with Crippen LogP contribution in [0.25, 0.3) is 0 Å². The van der Waals surface area contributed by atoms with E-state index < -0.39 is 5.54 Å². The van der Waals surface area contributed by atoms with Gasteiger partial charge in [0.1, 0.15) is 5.54 Å². The maximum atomic E-state index is 12.2. The fourth-order valence-corrected chi connectivity index (χ4v) is 3.40. The first kappa shape index (κ1) is 18.5. The Bertz CT molecular complexity index is 450. The average molecular weight is 374 g/mol. The highest BCUT2D eigenvalue weighted by molar-refractivity contribution is 9.10. The first-order valence-corrected chi connectivity index (χ1v) is 8.98. The molecule has 0 saturated heterocycles. The SMILES string of the molecule is CCOC(=O)C(C)(CCSc1ccc(Br)cc1)NC(C)C. The monoisotopic (exact) mass is 373 g/mol. The minimum atomic E-state index is -0.632. The first-order chi connectivity index (χ1) is 9.87. The number of thioether (sulfide) groups is 1. The highest BCUT2D eigenvalue weighted by atomic mass is 79.9. The molecule has 0 radical (unpaired) electrons. The molecule has 0 bridgehead atoms. The van der Waals surface area contributed by atoms with Crippen LogP contribution in [-0.2, 0) is 9.53 Å². The van der Waals surface area contributed by atoms with Crippen molar-refractivity contribution in [3.05, 3.63) is 28.7 Å². The molecule has 0 aromatic heterocycles. The van der Waals surface area contributed by atoms with Crippen LogP contribution in [0.4, 0.5) is 0 Å². The van der Waals surface area contributed by atoms with E-state index in [1.165, 1.54) is 4.90 Å². The van der Waals surface area contributed by atoms with Gasteiger partial charge in [-0.2, -0.15) is 0 Å². The fourth-order valence-electron chi connectivity index (χ4n) is 2.06. The predicted octanol–water partition coefficient (Wildman–Crippen LogP) is 4.25. The number of carbonyl (C=O) groups is 1. The summed E-state index contributed by atoms with van der Waals surface area (Å²) in [6.07, 6.45) is 0.727. The molecule has 21 heavy (non-hydrogen) atoms. The standard InChI is InChI=1S/C16H24BrNO2S/c1-5-20-15(19)16(4,18-12(2)3)10-11-21-14-8-6-13(17)7-9-14/h6-9,12,18H,5,10-11H2,1-4H3. The molecule has 1 N–H and O–H groups in total. The minimum Gasteiger partial charge on any atom is -0.465 e. The number of carbonyl (C=O) groups excluding carboxylic acids is 1. The topological polar surface area (TPSA) is 38.3 Å². The molecule has 5 heteroatoms. The molecule has 0 amide bonds.